The van der Waals surface area contributed by atoms with Gasteiger partial charge in [0.25, 0.3) is 17.5 Å². The number of hydrazine groups is 1. The van der Waals surface area contributed by atoms with E-state index in [4.69, 9.17) is 12.2 Å². The molecule has 0 aliphatic carbocycles. The zero-order chi connectivity index (χ0) is 21.0. The molecule has 0 aromatic heterocycles. The lowest BCUT2D eigenvalue weighted by molar-refractivity contribution is -0.384. The Morgan fingerprint density at radius 2 is 1.93 bits per heavy atom. The lowest BCUT2D eigenvalue weighted by Crippen LogP contribution is -2.44. The molecule has 0 saturated carbocycles. The summed E-state index contributed by atoms with van der Waals surface area (Å²) in [4.78, 5) is 35.7. The van der Waals surface area contributed by atoms with Gasteiger partial charge in [-0.05, 0) is 42.4 Å². The number of nitrogens with zero attached hydrogens (tertiary/aromatic N) is 2. The molecule has 146 valence electrons. The summed E-state index contributed by atoms with van der Waals surface area (Å²) in [6.45, 7) is 1.86. The van der Waals surface area contributed by atoms with Crippen molar-refractivity contribution in [3.8, 4) is 0 Å². The number of thioether (sulfide) groups is 1. The van der Waals surface area contributed by atoms with E-state index in [2.05, 4.69) is 5.43 Å². The molecule has 1 fully saturated rings. The standard InChI is InChI=1S/C20H15N3O4S2/c1-13(10-14-6-3-2-4-7-14)11-17-19(25)22(20(28)29-17)21-18(24)15-8-5-9-16(12-15)23(26)27/h2-12H,1H3,(H,21,24). The van der Waals surface area contributed by atoms with E-state index in [0.29, 0.717) is 4.91 Å². The molecule has 3 rings (SSSR count). The molecule has 9 heteroatoms. The zero-order valence-corrected chi connectivity index (χ0v) is 16.8. The summed E-state index contributed by atoms with van der Waals surface area (Å²) < 4.78 is 0.174. The number of rotatable bonds is 5. The van der Waals surface area contributed by atoms with Crippen LogP contribution in [-0.2, 0) is 4.79 Å². The molecule has 0 spiro atoms. The molecule has 2 aromatic carbocycles. The molecule has 1 heterocycles. The predicted octanol–water partition coefficient (Wildman–Crippen LogP) is 4.09. The maximum Gasteiger partial charge on any atom is 0.285 e. The summed E-state index contributed by atoms with van der Waals surface area (Å²) in [6, 6.07) is 14.9. The number of hydrogen-bond donors (Lipinski definition) is 1. The van der Waals surface area contributed by atoms with Gasteiger partial charge in [-0.1, -0.05) is 54.2 Å². The summed E-state index contributed by atoms with van der Waals surface area (Å²) in [7, 11) is 0. The van der Waals surface area contributed by atoms with E-state index in [9.17, 15) is 19.7 Å². The SMILES string of the molecule is CC(=Cc1ccccc1)C=C1SC(=S)N(NC(=O)c2cccc([N+](=O)[O-])c2)C1=O. The molecule has 1 aliphatic heterocycles. The number of nitro groups is 1. The summed E-state index contributed by atoms with van der Waals surface area (Å²) in [6.07, 6.45) is 3.63. The topological polar surface area (TPSA) is 92.6 Å². The van der Waals surface area contributed by atoms with Crippen molar-refractivity contribution in [3.05, 3.63) is 92.4 Å². The fourth-order valence-corrected chi connectivity index (χ4v) is 3.78. The lowest BCUT2D eigenvalue weighted by atomic mass is 10.1. The highest BCUT2D eigenvalue weighted by Crippen LogP contribution is 2.31. The maximum absolute atomic E-state index is 12.6. The molecule has 1 N–H and O–H groups in total. The van der Waals surface area contributed by atoms with E-state index in [-0.39, 0.29) is 15.6 Å². The summed E-state index contributed by atoms with van der Waals surface area (Å²) >= 11 is 6.27. The van der Waals surface area contributed by atoms with Crippen molar-refractivity contribution in [2.24, 2.45) is 0 Å². The van der Waals surface area contributed by atoms with Gasteiger partial charge in [0.1, 0.15) is 0 Å². The number of amides is 2. The molecule has 0 atom stereocenters. The minimum absolute atomic E-state index is 0.0531. The van der Waals surface area contributed by atoms with Crippen molar-refractivity contribution < 1.29 is 14.5 Å². The molecular weight excluding hydrogens is 410 g/mol. The quantitative estimate of drug-likeness (QED) is 0.336. The van der Waals surface area contributed by atoms with Gasteiger partial charge in [0.2, 0.25) is 0 Å². The van der Waals surface area contributed by atoms with Crippen LogP contribution in [0.1, 0.15) is 22.8 Å². The van der Waals surface area contributed by atoms with Crippen LogP contribution in [0.5, 0.6) is 0 Å². The van der Waals surface area contributed by atoms with E-state index < -0.39 is 16.7 Å². The Bertz CT molecular complexity index is 1060. The number of nitro benzene ring substituents is 1. The monoisotopic (exact) mass is 425 g/mol. The number of allylic oxidation sites excluding steroid dienone is 2. The van der Waals surface area contributed by atoms with E-state index in [1.165, 1.54) is 18.2 Å². The van der Waals surface area contributed by atoms with Crippen LogP contribution in [0.25, 0.3) is 6.08 Å². The van der Waals surface area contributed by atoms with Gasteiger partial charge < -0.3 is 0 Å². The normalized spacial score (nSPS) is 15.7. The minimum atomic E-state index is -0.664. The predicted molar refractivity (Wildman–Crippen MR) is 116 cm³/mol. The second-order valence-corrected chi connectivity index (χ2v) is 7.74. The Kier molecular flexibility index (Phi) is 6.20. The number of nitrogens with one attached hydrogen (secondary N) is 1. The summed E-state index contributed by atoms with van der Waals surface area (Å²) in [5.74, 6) is -1.12. The van der Waals surface area contributed by atoms with Crippen molar-refractivity contribution >= 4 is 51.9 Å². The number of carbonyl (C=O) groups excluding carboxylic acids is 2. The molecule has 1 saturated heterocycles. The Morgan fingerprint density at radius 1 is 1.21 bits per heavy atom. The highest BCUT2D eigenvalue weighted by atomic mass is 32.2. The van der Waals surface area contributed by atoms with Crippen molar-refractivity contribution in [1.29, 1.82) is 0 Å². The van der Waals surface area contributed by atoms with Crippen LogP contribution >= 0.6 is 24.0 Å². The van der Waals surface area contributed by atoms with Crippen molar-refractivity contribution in [2.45, 2.75) is 6.92 Å². The number of carbonyl (C=O) groups is 2. The number of thiocarbonyl (C=S) groups is 1. The molecule has 29 heavy (non-hydrogen) atoms. The van der Waals surface area contributed by atoms with Gasteiger partial charge in [-0.2, -0.15) is 5.01 Å². The number of hydrogen-bond acceptors (Lipinski definition) is 6. The average molecular weight is 425 g/mol. The first-order chi connectivity index (χ1) is 13.8. The van der Waals surface area contributed by atoms with E-state index in [1.54, 1.807) is 6.08 Å². The average Bonchev–Trinajstić information content (AvgIpc) is 2.96. The first kappa shape index (κ1) is 20.4. The molecular formula is C20H15N3O4S2. The van der Waals surface area contributed by atoms with Gasteiger partial charge >= 0.3 is 0 Å². The van der Waals surface area contributed by atoms with Crippen LogP contribution < -0.4 is 5.43 Å². The fourth-order valence-electron chi connectivity index (χ4n) is 2.55. The molecule has 1 aliphatic rings. The van der Waals surface area contributed by atoms with Crippen LogP contribution in [0, 0.1) is 10.1 Å². The maximum atomic E-state index is 12.6. The lowest BCUT2D eigenvalue weighted by Gasteiger charge is -2.15. The molecule has 7 nitrogen and oxygen atoms in total. The Labute approximate surface area is 176 Å². The molecule has 0 radical (unpaired) electrons. The van der Waals surface area contributed by atoms with Gasteiger partial charge in [-0.15, -0.1) is 0 Å². The van der Waals surface area contributed by atoms with E-state index in [1.807, 2.05) is 43.3 Å². The molecule has 2 amide bonds. The molecule has 0 unspecified atom stereocenters. The van der Waals surface area contributed by atoms with Crippen LogP contribution in [-0.4, -0.2) is 26.1 Å². The van der Waals surface area contributed by atoms with Gasteiger partial charge in [0, 0.05) is 17.7 Å². The van der Waals surface area contributed by atoms with Crippen molar-refractivity contribution in [1.82, 2.24) is 10.4 Å². The van der Waals surface area contributed by atoms with Gasteiger partial charge in [-0.25, -0.2) is 0 Å². The molecule has 0 bridgehead atoms. The fraction of sp³-hybridized carbons (Fsp3) is 0.0500. The first-order valence-electron chi connectivity index (χ1n) is 8.42. The highest BCUT2D eigenvalue weighted by molar-refractivity contribution is 8.26. The van der Waals surface area contributed by atoms with Gasteiger partial charge in [-0.3, -0.25) is 25.1 Å². The first-order valence-corrected chi connectivity index (χ1v) is 9.64. The zero-order valence-electron chi connectivity index (χ0n) is 15.2. The van der Waals surface area contributed by atoms with E-state index >= 15 is 0 Å². The third-order valence-corrected chi connectivity index (χ3v) is 5.18. The third-order valence-electron chi connectivity index (χ3n) is 3.88. The highest BCUT2D eigenvalue weighted by Gasteiger charge is 2.33. The van der Waals surface area contributed by atoms with Crippen LogP contribution in [0.4, 0.5) is 5.69 Å². The number of benzene rings is 2. The Hall–Kier alpha value is -3.30. The smallest absolute Gasteiger partial charge is 0.267 e. The Balaban J connectivity index is 1.75. The summed E-state index contributed by atoms with van der Waals surface area (Å²) in [5.41, 5.74) is 4.09. The van der Waals surface area contributed by atoms with E-state index in [0.717, 1.165) is 34.0 Å². The van der Waals surface area contributed by atoms with Crippen molar-refractivity contribution in [2.75, 3.05) is 0 Å². The van der Waals surface area contributed by atoms with Crippen LogP contribution in [0.3, 0.4) is 0 Å². The second-order valence-electron chi connectivity index (χ2n) is 6.06. The minimum Gasteiger partial charge on any atom is -0.267 e. The second kappa shape index (κ2) is 8.80. The van der Waals surface area contributed by atoms with Gasteiger partial charge in [0.15, 0.2) is 4.32 Å². The van der Waals surface area contributed by atoms with Crippen molar-refractivity contribution in [3.63, 3.8) is 0 Å². The summed E-state index contributed by atoms with van der Waals surface area (Å²) in [5, 5.41) is 11.8. The Morgan fingerprint density at radius 3 is 2.62 bits per heavy atom. The number of non-ortho nitro benzene ring substituents is 1. The van der Waals surface area contributed by atoms with Crippen LogP contribution in [0.2, 0.25) is 0 Å². The van der Waals surface area contributed by atoms with Crippen LogP contribution in [0.15, 0.2) is 71.2 Å². The molecule has 2 aromatic rings. The largest absolute Gasteiger partial charge is 0.285 e. The third kappa shape index (κ3) is 4.95. The van der Waals surface area contributed by atoms with Gasteiger partial charge in [0.05, 0.1) is 9.83 Å².